The van der Waals surface area contributed by atoms with Crippen molar-refractivity contribution in [2.24, 2.45) is 5.92 Å². The molecule has 0 saturated carbocycles. The van der Waals surface area contributed by atoms with Crippen LogP contribution in [0.3, 0.4) is 0 Å². The molecule has 0 aliphatic carbocycles. The fourth-order valence-corrected chi connectivity index (χ4v) is 4.42. The second-order valence-corrected chi connectivity index (χ2v) is 9.07. The lowest BCUT2D eigenvalue weighted by molar-refractivity contribution is 0.220. The van der Waals surface area contributed by atoms with Gasteiger partial charge >= 0.3 is 0 Å². The molecule has 30 heavy (non-hydrogen) atoms. The van der Waals surface area contributed by atoms with E-state index >= 15 is 0 Å². The molecule has 0 amide bonds. The number of imidazole rings is 1. The predicted octanol–water partition coefficient (Wildman–Crippen LogP) is 5.21. The van der Waals surface area contributed by atoms with Crippen molar-refractivity contribution in [3.8, 4) is 0 Å². The van der Waals surface area contributed by atoms with Gasteiger partial charge in [0.2, 0.25) is 0 Å². The van der Waals surface area contributed by atoms with Gasteiger partial charge in [-0.05, 0) is 68.1 Å². The Hall–Kier alpha value is -2.17. The second-order valence-electron chi connectivity index (χ2n) is 9.07. The Morgan fingerprint density at radius 1 is 0.900 bits per heavy atom. The van der Waals surface area contributed by atoms with E-state index in [-0.39, 0.29) is 0 Å². The first-order chi connectivity index (χ1) is 14.7. The molecule has 0 bridgehead atoms. The van der Waals surface area contributed by atoms with Crippen LogP contribution in [0.15, 0.2) is 48.5 Å². The molecule has 0 atom stereocenters. The van der Waals surface area contributed by atoms with Crippen LogP contribution in [0.2, 0.25) is 0 Å². The molecule has 4 nitrogen and oxygen atoms in total. The number of aromatic nitrogens is 2. The summed E-state index contributed by atoms with van der Waals surface area (Å²) >= 11 is 0. The van der Waals surface area contributed by atoms with E-state index in [9.17, 15) is 0 Å². The number of hydrogen-bond donors (Lipinski definition) is 1. The summed E-state index contributed by atoms with van der Waals surface area (Å²) in [6.07, 6.45) is 5.24. The third kappa shape index (κ3) is 5.30. The average molecular weight is 405 g/mol. The van der Waals surface area contributed by atoms with Crippen molar-refractivity contribution in [1.29, 1.82) is 0 Å². The first kappa shape index (κ1) is 21.1. The SMILES string of the molecule is CC(C)CCNCc1nc2ccccc2n1Cc1ccccc1CN1CCCCC1. The van der Waals surface area contributed by atoms with Gasteiger partial charge in [-0.25, -0.2) is 4.98 Å². The molecular formula is C26H36N4. The lowest BCUT2D eigenvalue weighted by Gasteiger charge is -2.27. The lowest BCUT2D eigenvalue weighted by Crippen LogP contribution is -2.29. The monoisotopic (exact) mass is 404 g/mol. The smallest absolute Gasteiger partial charge is 0.124 e. The van der Waals surface area contributed by atoms with Gasteiger partial charge in [0.1, 0.15) is 5.82 Å². The molecule has 0 spiro atoms. The molecule has 1 aliphatic rings. The van der Waals surface area contributed by atoms with E-state index in [0.29, 0.717) is 0 Å². The van der Waals surface area contributed by atoms with E-state index in [2.05, 4.69) is 77.2 Å². The Labute approximate surface area is 181 Å². The largest absolute Gasteiger partial charge is 0.322 e. The minimum absolute atomic E-state index is 0.720. The molecule has 1 fully saturated rings. The van der Waals surface area contributed by atoms with E-state index < -0.39 is 0 Å². The number of likely N-dealkylation sites (tertiary alicyclic amines) is 1. The van der Waals surface area contributed by atoms with Gasteiger partial charge in [-0.3, -0.25) is 4.90 Å². The fourth-order valence-electron chi connectivity index (χ4n) is 4.42. The lowest BCUT2D eigenvalue weighted by atomic mass is 10.0. The van der Waals surface area contributed by atoms with Crippen molar-refractivity contribution in [2.45, 2.75) is 59.2 Å². The zero-order chi connectivity index (χ0) is 20.8. The van der Waals surface area contributed by atoms with Gasteiger partial charge in [0.15, 0.2) is 0 Å². The minimum Gasteiger partial charge on any atom is -0.322 e. The van der Waals surface area contributed by atoms with Crippen molar-refractivity contribution in [1.82, 2.24) is 19.8 Å². The summed E-state index contributed by atoms with van der Waals surface area (Å²) < 4.78 is 2.41. The summed E-state index contributed by atoms with van der Waals surface area (Å²) in [5.41, 5.74) is 5.18. The third-order valence-electron chi connectivity index (χ3n) is 6.20. The quantitative estimate of drug-likeness (QED) is 0.497. The van der Waals surface area contributed by atoms with Crippen LogP contribution < -0.4 is 5.32 Å². The van der Waals surface area contributed by atoms with E-state index in [1.807, 2.05) is 0 Å². The topological polar surface area (TPSA) is 33.1 Å². The fraction of sp³-hybridized carbons (Fsp3) is 0.500. The molecule has 4 rings (SSSR count). The number of nitrogens with zero attached hydrogens (tertiary/aromatic N) is 3. The van der Waals surface area contributed by atoms with Gasteiger partial charge in [0.25, 0.3) is 0 Å². The van der Waals surface area contributed by atoms with Crippen molar-refractivity contribution < 1.29 is 0 Å². The molecule has 2 aromatic carbocycles. The Bertz CT molecular complexity index is 937. The van der Waals surface area contributed by atoms with Crippen LogP contribution in [0, 0.1) is 5.92 Å². The van der Waals surface area contributed by atoms with Crippen molar-refractivity contribution in [2.75, 3.05) is 19.6 Å². The number of hydrogen-bond acceptors (Lipinski definition) is 3. The molecule has 1 aliphatic heterocycles. The highest BCUT2D eigenvalue weighted by atomic mass is 15.1. The maximum absolute atomic E-state index is 4.96. The molecule has 160 valence electrons. The highest BCUT2D eigenvalue weighted by molar-refractivity contribution is 5.76. The first-order valence-corrected chi connectivity index (χ1v) is 11.6. The van der Waals surface area contributed by atoms with E-state index in [0.717, 1.165) is 43.4 Å². The number of rotatable bonds is 9. The summed E-state index contributed by atoms with van der Waals surface area (Å²) in [7, 11) is 0. The summed E-state index contributed by atoms with van der Waals surface area (Å²) in [5.74, 6) is 1.85. The van der Waals surface area contributed by atoms with Crippen LogP contribution in [-0.2, 0) is 19.6 Å². The van der Waals surface area contributed by atoms with Gasteiger partial charge in [-0.2, -0.15) is 0 Å². The number of para-hydroxylation sites is 2. The van der Waals surface area contributed by atoms with Crippen LogP contribution in [0.25, 0.3) is 11.0 Å². The van der Waals surface area contributed by atoms with Gasteiger partial charge in [0.05, 0.1) is 17.6 Å². The molecule has 4 heteroatoms. The second kappa shape index (κ2) is 10.2. The molecule has 1 aromatic heterocycles. The molecule has 3 aromatic rings. The standard InChI is InChI=1S/C26H36N4/c1-21(2)14-15-27-18-26-28-24-12-6-7-13-25(24)30(26)20-23-11-5-4-10-22(23)19-29-16-8-3-9-17-29/h4-7,10-13,21,27H,3,8-9,14-20H2,1-2H3. The highest BCUT2D eigenvalue weighted by Crippen LogP contribution is 2.21. The highest BCUT2D eigenvalue weighted by Gasteiger charge is 2.15. The Balaban J connectivity index is 1.56. The van der Waals surface area contributed by atoms with Gasteiger partial charge in [-0.1, -0.05) is 56.7 Å². The number of piperidine rings is 1. The van der Waals surface area contributed by atoms with Crippen LogP contribution in [0.4, 0.5) is 0 Å². The molecule has 2 heterocycles. The number of fused-ring (bicyclic) bond motifs is 1. The molecule has 0 unspecified atom stereocenters. The summed E-state index contributed by atoms with van der Waals surface area (Å²) in [6, 6.07) is 17.5. The molecule has 0 radical (unpaired) electrons. The van der Waals surface area contributed by atoms with Crippen molar-refractivity contribution in [3.05, 3.63) is 65.5 Å². The Morgan fingerprint density at radius 2 is 1.60 bits per heavy atom. The van der Waals surface area contributed by atoms with Gasteiger partial charge < -0.3 is 9.88 Å². The summed E-state index contributed by atoms with van der Waals surface area (Å²) in [5, 5.41) is 3.61. The third-order valence-corrected chi connectivity index (χ3v) is 6.20. The minimum atomic E-state index is 0.720. The number of nitrogens with one attached hydrogen (secondary N) is 1. The average Bonchev–Trinajstić information content (AvgIpc) is 3.11. The Morgan fingerprint density at radius 3 is 2.37 bits per heavy atom. The first-order valence-electron chi connectivity index (χ1n) is 11.6. The van der Waals surface area contributed by atoms with Crippen LogP contribution in [0.1, 0.15) is 56.5 Å². The van der Waals surface area contributed by atoms with Gasteiger partial charge in [0, 0.05) is 13.1 Å². The van der Waals surface area contributed by atoms with Crippen LogP contribution in [-0.4, -0.2) is 34.1 Å². The van der Waals surface area contributed by atoms with E-state index in [1.54, 1.807) is 0 Å². The number of benzene rings is 2. The maximum atomic E-state index is 4.96. The van der Waals surface area contributed by atoms with Crippen LogP contribution >= 0.6 is 0 Å². The molecule has 1 N–H and O–H groups in total. The summed E-state index contributed by atoms with van der Waals surface area (Å²) in [6.45, 7) is 10.8. The van der Waals surface area contributed by atoms with Crippen molar-refractivity contribution in [3.63, 3.8) is 0 Å². The van der Waals surface area contributed by atoms with E-state index in [4.69, 9.17) is 4.98 Å². The Kier molecular flexibility index (Phi) is 7.19. The zero-order valence-corrected chi connectivity index (χ0v) is 18.6. The van der Waals surface area contributed by atoms with Gasteiger partial charge in [-0.15, -0.1) is 0 Å². The normalized spacial score (nSPS) is 15.3. The summed E-state index contributed by atoms with van der Waals surface area (Å²) in [4.78, 5) is 7.57. The van der Waals surface area contributed by atoms with Crippen LogP contribution in [0.5, 0.6) is 0 Å². The molecule has 1 saturated heterocycles. The molecular weight excluding hydrogens is 368 g/mol. The van der Waals surface area contributed by atoms with Crippen molar-refractivity contribution >= 4 is 11.0 Å². The zero-order valence-electron chi connectivity index (χ0n) is 18.6. The maximum Gasteiger partial charge on any atom is 0.124 e. The predicted molar refractivity (Wildman–Crippen MR) is 126 cm³/mol. The van der Waals surface area contributed by atoms with E-state index in [1.165, 1.54) is 55.4 Å².